The van der Waals surface area contributed by atoms with Gasteiger partial charge in [-0.05, 0) is 49.4 Å². The maximum Gasteiger partial charge on any atom is 0.261 e. The van der Waals surface area contributed by atoms with Crippen LogP contribution in [0.2, 0.25) is 5.02 Å². The van der Waals surface area contributed by atoms with Gasteiger partial charge in [-0.2, -0.15) is 0 Å². The van der Waals surface area contributed by atoms with E-state index in [-0.39, 0.29) is 27.2 Å². The number of nitrogens with zero attached hydrogens (tertiary/aromatic N) is 1. The highest BCUT2D eigenvalue weighted by Gasteiger charge is 2.18. The van der Waals surface area contributed by atoms with Gasteiger partial charge in [-0.3, -0.25) is 14.5 Å². The Kier molecular flexibility index (Phi) is 5.96. The highest BCUT2D eigenvalue weighted by atomic mass is 35.5. The Balaban J connectivity index is 1.79. The van der Waals surface area contributed by atoms with E-state index in [2.05, 4.69) is 15.0 Å². The van der Waals surface area contributed by atoms with Crippen molar-refractivity contribution in [3.8, 4) is 0 Å². The average Bonchev–Trinajstić information content (AvgIpc) is 2.70. The van der Waals surface area contributed by atoms with Crippen LogP contribution in [0.4, 0.5) is 5.69 Å². The molecular formula is C20H18ClN3O3S. The first-order valence-corrected chi connectivity index (χ1v) is 10.3. The summed E-state index contributed by atoms with van der Waals surface area (Å²) in [5, 5.41) is 3.09. The van der Waals surface area contributed by atoms with Crippen LogP contribution in [0.25, 0.3) is 0 Å². The van der Waals surface area contributed by atoms with Gasteiger partial charge in [-0.25, -0.2) is 8.42 Å². The number of amides is 1. The van der Waals surface area contributed by atoms with E-state index in [9.17, 15) is 13.2 Å². The molecule has 0 bridgehead atoms. The molecular weight excluding hydrogens is 398 g/mol. The minimum Gasteiger partial charge on any atom is -0.344 e. The van der Waals surface area contributed by atoms with Crippen molar-refractivity contribution < 1.29 is 13.2 Å². The zero-order chi connectivity index (χ0) is 20.1. The molecule has 3 aromatic rings. The smallest absolute Gasteiger partial charge is 0.261 e. The van der Waals surface area contributed by atoms with E-state index in [1.54, 1.807) is 55.6 Å². The second kappa shape index (κ2) is 8.41. The lowest BCUT2D eigenvalue weighted by atomic mass is 10.1. The Hall–Kier alpha value is -2.90. The van der Waals surface area contributed by atoms with Crippen LogP contribution in [0.15, 0.2) is 77.8 Å². The van der Waals surface area contributed by atoms with Gasteiger partial charge in [0.05, 0.1) is 27.3 Å². The molecule has 144 valence electrons. The van der Waals surface area contributed by atoms with Crippen molar-refractivity contribution in [1.82, 2.24) is 10.3 Å². The van der Waals surface area contributed by atoms with Gasteiger partial charge < -0.3 is 5.32 Å². The van der Waals surface area contributed by atoms with Crippen molar-refractivity contribution >= 4 is 33.2 Å². The van der Waals surface area contributed by atoms with Gasteiger partial charge in [0.25, 0.3) is 15.9 Å². The Morgan fingerprint density at radius 3 is 2.50 bits per heavy atom. The third kappa shape index (κ3) is 4.68. The summed E-state index contributed by atoms with van der Waals surface area (Å²) in [5.41, 5.74) is 1.20. The van der Waals surface area contributed by atoms with E-state index in [0.29, 0.717) is 5.69 Å². The molecule has 0 saturated heterocycles. The average molecular weight is 416 g/mol. The molecule has 0 spiro atoms. The first-order valence-electron chi connectivity index (χ1n) is 8.46. The molecule has 0 radical (unpaired) electrons. The fourth-order valence-corrected chi connectivity index (χ4v) is 3.90. The summed E-state index contributed by atoms with van der Waals surface area (Å²) < 4.78 is 27.8. The molecule has 8 heteroatoms. The number of hydrogen-bond acceptors (Lipinski definition) is 4. The summed E-state index contributed by atoms with van der Waals surface area (Å²) in [6.45, 7) is 1.81. The van der Waals surface area contributed by atoms with Crippen LogP contribution in [-0.2, 0) is 10.0 Å². The topological polar surface area (TPSA) is 88.2 Å². The van der Waals surface area contributed by atoms with Gasteiger partial charge in [0.2, 0.25) is 0 Å². The number of benzene rings is 2. The number of pyridine rings is 1. The molecule has 1 heterocycles. The molecule has 0 aliphatic rings. The normalized spacial score (nSPS) is 12.2. The third-order valence-electron chi connectivity index (χ3n) is 4.00. The van der Waals surface area contributed by atoms with E-state index < -0.39 is 15.9 Å². The first-order chi connectivity index (χ1) is 13.4. The quantitative estimate of drug-likeness (QED) is 0.636. The molecule has 1 amide bonds. The Morgan fingerprint density at radius 2 is 1.79 bits per heavy atom. The van der Waals surface area contributed by atoms with E-state index in [0.717, 1.165) is 0 Å². The number of para-hydroxylation sites is 1. The summed E-state index contributed by atoms with van der Waals surface area (Å²) in [4.78, 5) is 16.7. The number of aromatic nitrogens is 1. The van der Waals surface area contributed by atoms with Gasteiger partial charge in [0.15, 0.2) is 0 Å². The molecule has 1 atom stereocenters. The maximum atomic E-state index is 12.7. The highest BCUT2D eigenvalue weighted by molar-refractivity contribution is 7.92. The Bertz CT molecular complexity index is 1090. The number of hydrogen-bond donors (Lipinski definition) is 2. The van der Waals surface area contributed by atoms with Gasteiger partial charge in [0.1, 0.15) is 0 Å². The van der Waals surface area contributed by atoms with Crippen LogP contribution in [0, 0.1) is 0 Å². The lowest BCUT2D eigenvalue weighted by Gasteiger charge is -2.14. The van der Waals surface area contributed by atoms with E-state index in [4.69, 9.17) is 11.6 Å². The van der Waals surface area contributed by atoms with Gasteiger partial charge in [0, 0.05) is 11.8 Å². The maximum absolute atomic E-state index is 12.7. The third-order valence-corrected chi connectivity index (χ3v) is 5.70. The number of anilines is 1. The second-order valence-electron chi connectivity index (χ2n) is 6.06. The zero-order valence-electron chi connectivity index (χ0n) is 15.0. The van der Waals surface area contributed by atoms with Crippen LogP contribution in [-0.4, -0.2) is 19.3 Å². The number of halogens is 1. The van der Waals surface area contributed by atoms with Crippen LogP contribution in [0.3, 0.4) is 0 Å². The molecule has 0 aliphatic heterocycles. The van der Waals surface area contributed by atoms with Crippen molar-refractivity contribution in [2.75, 3.05) is 4.72 Å². The summed E-state index contributed by atoms with van der Waals surface area (Å²) in [6.07, 6.45) is 1.64. The highest BCUT2D eigenvalue weighted by Crippen LogP contribution is 2.24. The number of nitrogens with one attached hydrogen (secondary N) is 2. The Morgan fingerprint density at radius 1 is 1.04 bits per heavy atom. The van der Waals surface area contributed by atoms with Gasteiger partial charge >= 0.3 is 0 Å². The minimum absolute atomic E-state index is 0.0365. The SMILES string of the molecule is C[C@H](NC(=O)c1cccc(S(=O)(=O)Nc2ccccc2Cl)c1)c1ccccn1. The lowest BCUT2D eigenvalue weighted by Crippen LogP contribution is -2.27. The monoisotopic (exact) mass is 415 g/mol. The predicted molar refractivity (Wildman–Crippen MR) is 109 cm³/mol. The lowest BCUT2D eigenvalue weighted by molar-refractivity contribution is 0.0939. The molecule has 0 fully saturated rings. The van der Waals surface area contributed by atoms with Gasteiger partial charge in [-0.15, -0.1) is 0 Å². The molecule has 1 aromatic heterocycles. The van der Waals surface area contributed by atoms with Crippen molar-refractivity contribution in [3.63, 3.8) is 0 Å². The summed E-state index contributed by atoms with van der Waals surface area (Å²) in [5.74, 6) is -0.395. The molecule has 0 unspecified atom stereocenters. The fourth-order valence-electron chi connectivity index (χ4n) is 2.54. The van der Waals surface area contributed by atoms with Crippen LogP contribution >= 0.6 is 11.6 Å². The Labute approximate surface area is 168 Å². The molecule has 6 nitrogen and oxygen atoms in total. The molecule has 2 N–H and O–H groups in total. The van der Waals surface area contributed by atoms with Crippen LogP contribution in [0.5, 0.6) is 0 Å². The number of carbonyl (C=O) groups excluding carboxylic acids is 1. The van der Waals surface area contributed by atoms with Crippen LogP contribution < -0.4 is 10.0 Å². The number of rotatable bonds is 6. The standard InChI is InChI=1S/C20H18ClN3O3S/c1-14(18-10-4-5-12-22-18)23-20(25)15-7-6-8-16(13-15)28(26,27)24-19-11-3-2-9-17(19)21/h2-14,24H,1H3,(H,23,25)/t14-/m0/s1. The number of carbonyl (C=O) groups is 1. The first kappa shape index (κ1) is 19.9. The molecule has 28 heavy (non-hydrogen) atoms. The molecule has 0 aliphatic carbocycles. The fraction of sp³-hybridized carbons (Fsp3) is 0.100. The summed E-state index contributed by atoms with van der Waals surface area (Å²) in [6, 6.07) is 17.4. The van der Waals surface area contributed by atoms with Gasteiger partial charge in [-0.1, -0.05) is 35.9 Å². The van der Waals surface area contributed by atoms with Crippen molar-refractivity contribution in [3.05, 3.63) is 89.2 Å². The van der Waals surface area contributed by atoms with E-state index in [1.165, 1.54) is 18.2 Å². The summed E-state index contributed by atoms with van der Waals surface area (Å²) >= 11 is 6.02. The van der Waals surface area contributed by atoms with E-state index in [1.807, 2.05) is 6.07 Å². The summed E-state index contributed by atoms with van der Waals surface area (Å²) in [7, 11) is -3.90. The van der Waals surface area contributed by atoms with Crippen molar-refractivity contribution in [2.45, 2.75) is 17.9 Å². The molecule has 0 saturated carbocycles. The van der Waals surface area contributed by atoms with E-state index >= 15 is 0 Å². The minimum atomic E-state index is -3.90. The van der Waals surface area contributed by atoms with Crippen molar-refractivity contribution in [2.24, 2.45) is 0 Å². The largest absolute Gasteiger partial charge is 0.344 e. The predicted octanol–water partition coefficient (Wildman–Crippen LogP) is 4.03. The van der Waals surface area contributed by atoms with Crippen LogP contribution in [0.1, 0.15) is 29.0 Å². The van der Waals surface area contributed by atoms with Crippen molar-refractivity contribution in [1.29, 1.82) is 0 Å². The second-order valence-corrected chi connectivity index (χ2v) is 8.15. The molecule has 3 rings (SSSR count). The molecule has 2 aromatic carbocycles. The zero-order valence-corrected chi connectivity index (χ0v) is 16.5. The number of sulfonamides is 1.